The molecule has 0 bridgehead atoms. The molecule has 0 aromatic carbocycles. The molecule has 1 rings (SSSR count). The maximum absolute atomic E-state index is 11.3. The van der Waals surface area contributed by atoms with Crippen molar-refractivity contribution in [3.63, 3.8) is 0 Å². The molecule has 96 valence electrons. The van der Waals surface area contributed by atoms with Crippen molar-refractivity contribution in [1.29, 1.82) is 0 Å². The molecule has 17 heavy (non-hydrogen) atoms. The van der Waals surface area contributed by atoms with Gasteiger partial charge in [-0.25, -0.2) is 4.90 Å². The number of nitrogens with two attached hydrogens (primary N) is 1. The summed E-state index contributed by atoms with van der Waals surface area (Å²) in [6, 6.07) is -0.819. The van der Waals surface area contributed by atoms with Gasteiger partial charge in [-0.3, -0.25) is 10.1 Å². The van der Waals surface area contributed by atoms with Gasteiger partial charge in [0.05, 0.1) is 13.2 Å². The van der Waals surface area contributed by atoms with Crippen LogP contribution in [0.4, 0.5) is 0 Å². The molecule has 2 unspecified atom stereocenters. The Balaban J connectivity index is 3.08. The van der Waals surface area contributed by atoms with Gasteiger partial charge >= 0.3 is 5.66 Å². The van der Waals surface area contributed by atoms with Crippen molar-refractivity contribution in [2.24, 2.45) is 5.73 Å². The second-order valence-electron chi connectivity index (χ2n) is 3.74. The molecule has 0 amide bonds. The van der Waals surface area contributed by atoms with E-state index < -0.39 is 16.6 Å². The highest BCUT2D eigenvalue weighted by molar-refractivity contribution is 5.23. The van der Waals surface area contributed by atoms with Crippen molar-refractivity contribution in [1.82, 2.24) is 4.90 Å². The minimum Gasteiger partial charge on any atom is -0.395 e. The van der Waals surface area contributed by atoms with Gasteiger partial charge in [-0.1, -0.05) is 18.2 Å². The second kappa shape index (κ2) is 5.87. The van der Waals surface area contributed by atoms with Crippen LogP contribution in [0.3, 0.4) is 0 Å². The van der Waals surface area contributed by atoms with Crippen LogP contribution in [0.2, 0.25) is 0 Å². The quantitative estimate of drug-likeness (QED) is 0.303. The monoisotopic (exact) mass is 243 g/mol. The lowest BCUT2D eigenvalue weighted by atomic mass is 9.94. The van der Waals surface area contributed by atoms with Crippen LogP contribution in [0.5, 0.6) is 0 Å². The summed E-state index contributed by atoms with van der Waals surface area (Å²) < 4.78 is 0. The Kier molecular flexibility index (Phi) is 4.76. The molecular weight excluding hydrogens is 226 g/mol. The van der Waals surface area contributed by atoms with Gasteiger partial charge in [0.2, 0.25) is 0 Å². The zero-order chi connectivity index (χ0) is 12.9. The smallest absolute Gasteiger partial charge is 0.315 e. The van der Waals surface area contributed by atoms with Gasteiger partial charge in [-0.2, -0.15) is 0 Å². The predicted octanol–water partition coefficient (Wildman–Crippen LogP) is -1.30. The standard InChI is InChI=1S/C10H17N3O4/c11-9-3-1-2-4-10(9,13(16)17)12(5-7-14)6-8-15/h1-4,9,14-15H,5-8,11H2. The number of hydrogen-bond acceptors (Lipinski definition) is 6. The summed E-state index contributed by atoms with van der Waals surface area (Å²) in [6.45, 7) is -0.319. The van der Waals surface area contributed by atoms with E-state index in [1.54, 1.807) is 12.2 Å². The van der Waals surface area contributed by atoms with E-state index in [1.807, 2.05) is 0 Å². The molecule has 1 aliphatic carbocycles. The predicted molar refractivity (Wildman–Crippen MR) is 61.7 cm³/mol. The fraction of sp³-hybridized carbons (Fsp3) is 0.600. The Bertz CT molecular complexity index is 326. The van der Waals surface area contributed by atoms with Crippen LogP contribution in [0.25, 0.3) is 0 Å². The molecule has 0 saturated heterocycles. The Morgan fingerprint density at radius 3 is 2.35 bits per heavy atom. The van der Waals surface area contributed by atoms with Crippen molar-refractivity contribution in [2.45, 2.75) is 11.7 Å². The fourth-order valence-electron chi connectivity index (χ4n) is 1.96. The second-order valence-corrected chi connectivity index (χ2v) is 3.74. The lowest BCUT2D eigenvalue weighted by molar-refractivity contribution is -0.588. The topological polar surface area (TPSA) is 113 Å². The average Bonchev–Trinajstić information content (AvgIpc) is 2.29. The number of nitrogens with zero attached hydrogens (tertiary/aromatic N) is 2. The highest BCUT2D eigenvalue weighted by atomic mass is 16.6. The van der Waals surface area contributed by atoms with Crippen molar-refractivity contribution in [3.8, 4) is 0 Å². The molecule has 0 saturated carbocycles. The molecule has 0 fully saturated rings. The number of allylic oxidation sites excluding steroid dienone is 2. The van der Waals surface area contributed by atoms with Gasteiger partial charge in [0.1, 0.15) is 6.04 Å². The summed E-state index contributed by atoms with van der Waals surface area (Å²) in [5.41, 5.74) is 4.19. The first-order chi connectivity index (χ1) is 8.09. The highest BCUT2D eigenvalue weighted by Gasteiger charge is 2.51. The first-order valence-electron chi connectivity index (χ1n) is 5.32. The number of rotatable bonds is 6. The van der Waals surface area contributed by atoms with Crippen molar-refractivity contribution in [3.05, 3.63) is 34.4 Å². The minimum absolute atomic E-state index is 0.0768. The van der Waals surface area contributed by atoms with E-state index in [9.17, 15) is 10.1 Å². The first-order valence-corrected chi connectivity index (χ1v) is 5.32. The SMILES string of the molecule is NC1C=CC=CC1(N(CCO)CCO)[N+](=O)[O-]. The van der Waals surface area contributed by atoms with Gasteiger partial charge in [0.15, 0.2) is 0 Å². The molecular formula is C10H17N3O4. The molecule has 0 aromatic heterocycles. The maximum Gasteiger partial charge on any atom is 0.315 e. The van der Waals surface area contributed by atoms with E-state index in [0.717, 1.165) is 0 Å². The molecule has 4 N–H and O–H groups in total. The van der Waals surface area contributed by atoms with Crippen LogP contribution >= 0.6 is 0 Å². The van der Waals surface area contributed by atoms with Gasteiger partial charge < -0.3 is 15.9 Å². The van der Waals surface area contributed by atoms with Gasteiger partial charge in [-0.05, 0) is 0 Å². The fourth-order valence-corrected chi connectivity index (χ4v) is 1.96. The van der Waals surface area contributed by atoms with Crippen LogP contribution in [0.1, 0.15) is 0 Å². The molecule has 0 heterocycles. The molecule has 2 atom stereocenters. The van der Waals surface area contributed by atoms with Crippen LogP contribution in [-0.2, 0) is 0 Å². The summed E-state index contributed by atoms with van der Waals surface area (Å²) in [6.07, 6.45) is 6.12. The summed E-state index contributed by atoms with van der Waals surface area (Å²) in [5.74, 6) is 0. The third-order valence-corrected chi connectivity index (χ3v) is 2.80. The first kappa shape index (κ1) is 13.8. The Hall–Kier alpha value is -1.28. The Morgan fingerprint density at radius 1 is 1.35 bits per heavy atom. The summed E-state index contributed by atoms with van der Waals surface area (Å²) >= 11 is 0. The zero-order valence-electron chi connectivity index (χ0n) is 9.40. The van der Waals surface area contributed by atoms with Gasteiger partial charge in [0, 0.05) is 24.1 Å². The number of aliphatic hydroxyl groups excluding tert-OH is 2. The van der Waals surface area contributed by atoms with Crippen molar-refractivity contribution >= 4 is 0 Å². The molecule has 7 heteroatoms. The largest absolute Gasteiger partial charge is 0.395 e. The molecule has 0 aromatic rings. The summed E-state index contributed by atoms with van der Waals surface area (Å²) in [5, 5.41) is 29.2. The third kappa shape index (κ3) is 2.52. The molecule has 1 aliphatic rings. The van der Waals surface area contributed by atoms with E-state index in [4.69, 9.17) is 15.9 Å². The summed E-state index contributed by atoms with van der Waals surface area (Å²) in [4.78, 5) is 12.2. The van der Waals surface area contributed by atoms with Crippen LogP contribution < -0.4 is 5.73 Å². The highest BCUT2D eigenvalue weighted by Crippen LogP contribution is 2.25. The lowest BCUT2D eigenvalue weighted by Crippen LogP contribution is -2.64. The number of nitro groups is 1. The molecule has 0 spiro atoms. The Labute approximate surface area is 99.0 Å². The van der Waals surface area contributed by atoms with E-state index >= 15 is 0 Å². The van der Waals surface area contributed by atoms with E-state index in [0.29, 0.717) is 0 Å². The molecule has 0 aliphatic heterocycles. The number of aliphatic hydroxyl groups is 2. The van der Waals surface area contributed by atoms with Crippen LogP contribution in [-0.4, -0.2) is 58.0 Å². The normalized spacial score (nSPS) is 27.6. The molecule has 0 radical (unpaired) electrons. The molecule has 7 nitrogen and oxygen atoms in total. The van der Waals surface area contributed by atoms with Gasteiger partial charge in [-0.15, -0.1) is 0 Å². The van der Waals surface area contributed by atoms with E-state index in [-0.39, 0.29) is 26.3 Å². The zero-order valence-corrected chi connectivity index (χ0v) is 9.40. The lowest BCUT2D eigenvalue weighted by Gasteiger charge is -2.37. The van der Waals surface area contributed by atoms with E-state index in [2.05, 4.69) is 0 Å². The van der Waals surface area contributed by atoms with Gasteiger partial charge in [0.25, 0.3) is 0 Å². The Morgan fingerprint density at radius 2 is 1.94 bits per heavy atom. The van der Waals surface area contributed by atoms with Crippen LogP contribution in [0.15, 0.2) is 24.3 Å². The van der Waals surface area contributed by atoms with Crippen molar-refractivity contribution in [2.75, 3.05) is 26.3 Å². The maximum atomic E-state index is 11.3. The average molecular weight is 243 g/mol. The van der Waals surface area contributed by atoms with Crippen molar-refractivity contribution < 1.29 is 15.1 Å². The third-order valence-electron chi connectivity index (χ3n) is 2.80. The van der Waals surface area contributed by atoms with Crippen LogP contribution in [0, 0.1) is 10.1 Å². The van der Waals surface area contributed by atoms with E-state index in [1.165, 1.54) is 17.1 Å². The summed E-state index contributed by atoms with van der Waals surface area (Å²) in [7, 11) is 0. The number of hydrogen-bond donors (Lipinski definition) is 3. The minimum atomic E-state index is -1.60.